The van der Waals surface area contributed by atoms with Gasteiger partial charge in [-0.2, -0.15) is 0 Å². The highest BCUT2D eigenvalue weighted by atomic mass is 16.3. The molecule has 0 saturated carbocycles. The number of hydrogen-bond acceptors (Lipinski definition) is 2. The maximum absolute atomic E-state index is 11.2. The van der Waals surface area contributed by atoms with Crippen LogP contribution in [0.5, 0.6) is 0 Å². The van der Waals surface area contributed by atoms with Gasteiger partial charge in [-0.15, -0.1) is 0 Å². The Morgan fingerprint density at radius 3 is 2.05 bits per heavy atom. The van der Waals surface area contributed by atoms with Gasteiger partial charge in [-0.25, -0.2) is 0 Å². The molecular formula is C19H19NO. The molecule has 2 nitrogen and oxygen atoms in total. The lowest BCUT2D eigenvalue weighted by Gasteiger charge is -2.19. The number of nitrogens with one attached hydrogen (secondary N) is 1. The fourth-order valence-electron chi connectivity index (χ4n) is 2.77. The highest BCUT2D eigenvalue weighted by Crippen LogP contribution is 2.46. The number of benzene rings is 2. The Labute approximate surface area is 125 Å². The van der Waals surface area contributed by atoms with Crippen LogP contribution >= 0.6 is 0 Å². The van der Waals surface area contributed by atoms with Crippen molar-refractivity contribution in [1.29, 1.82) is 0 Å². The Morgan fingerprint density at radius 2 is 1.52 bits per heavy atom. The molecule has 0 atom stereocenters. The zero-order valence-corrected chi connectivity index (χ0v) is 12.4. The molecule has 3 rings (SSSR count). The molecule has 0 unspecified atom stereocenters. The van der Waals surface area contributed by atoms with Gasteiger partial charge < -0.3 is 10.4 Å². The molecule has 2 N–H and O–H groups in total. The van der Waals surface area contributed by atoms with Gasteiger partial charge in [0.05, 0.1) is 6.54 Å². The quantitative estimate of drug-likeness (QED) is 0.827. The van der Waals surface area contributed by atoms with Gasteiger partial charge in [0.2, 0.25) is 0 Å². The SMILES string of the molecule is CC(C)NCC#CC1(O)c2ccccc2-c2ccccc21. The second-order valence-corrected chi connectivity index (χ2v) is 5.64. The predicted molar refractivity (Wildman–Crippen MR) is 85.8 cm³/mol. The number of aliphatic hydroxyl groups is 1. The van der Waals surface area contributed by atoms with Gasteiger partial charge >= 0.3 is 0 Å². The topological polar surface area (TPSA) is 32.3 Å². The molecule has 2 heteroatoms. The third kappa shape index (κ3) is 2.35. The summed E-state index contributed by atoms with van der Waals surface area (Å²) < 4.78 is 0. The smallest absolute Gasteiger partial charge is 0.178 e. The van der Waals surface area contributed by atoms with Gasteiger partial charge in [0.25, 0.3) is 0 Å². The fraction of sp³-hybridized carbons (Fsp3) is 0.263. The minimum atomic E-state index is -1.20. The highest BCUT2D eigenvalue weighted by molar-refractivity contribution is 5.81. The van der Waals surface area contributed by atoms with Crippen molar-refractivity contribution in [2.45, 2.75) is 25.5 Å². The van der Waals surface area contributed by atoms with Crippen LogP contribution in [0.1, 0.15) is 25.0 Å². The Kier molecular flexibility index (Phi) is 3.55. The summed E-state index contributed by atoms with van der Waals surface area (Å²) in [5.41, 5.74) is 2.70. The first kappa shape index (κ1) is 13.9. The predicted octanol–water partition coefficient (Wildman–Crippen LogP) is 2.90. The van der Waals surface area contributed by atoms with Gasteiger partial charge in [0, 0.05) is 17.2 Å². The van der Waals surface area contributed by atoms with E-state index in [9.17, 15) is 5.11 Å². The molecule has 1 aliphatic carbocycles. The summed E-state index contributed by atoms with van der Waals surface area (Å²) in [5, 5.41) is 14.4. The molecule has 0 aliphatic heterocycles. The summed E-state index contributed by atoms with van der Waals surface area (Å²) in [6.07, 6.45) is 0. The minimum absolute atomic E-state index is 0.386. The van der Waals surface area contributed by atoms with Crippen LogP contribution in [0, 0.1) is 11.8 Å². The minimum Gasteiger partial charge on any atom is -0.369 e. The molecule has 0 bridgehead atoms. The largest absolute Gasteiger partial charge is 0.369 e. The number of fused-ring (bicyclic) bond motifs is 3. The number of hydrogen-bond donors (Lipinski definition) is 2. The van der Waals surface area contributed by atoms with Crippen LogP contribution in [0.4, 0.5) is 0 Å². The van der Waals surface area contributed by atoms with Crippen LogP contribution < -0.4 is 5.32 Å². The Bertz CT molecular complexity index is 676. The summed E-state index contributed by atoms with van der Waals surface area (Å²) in [6, 6.07) is 16.3. The summed E-state index contributed by atoms with van der Waals surface area (Å²) in [6.45, 7) is 4.73. The number of rotatable bonds is 2. The molecule has 1 aliphatic rings. The first-order valence-electron chi connectivity index (χ1n) is 7.28. The van der Waals surface area contributed by atoms with Gasteiger partial charge in [-0.3, -0.25) is 0 Å². The van der Waals surface area contributed by atoms with Gasteiger partial charge in [-0.05, 0) is 25.0 Å². The van der Waals surface area contributed by atoms with Crippen LogP contribution in [0.25, 0.3) is 11.1 Å². The molecule has 0 heterocycles. The molecular weight excluding hydrogens is 258 g/mol. The first-order valence-corrected chi connectivity index (χ1v) is 7.28. The monoisotopic (exact) mass is 277 g/mol. The lowest BCUT2D eigenvalue weighted by atomic mass is 9.92. The molecule has 0 saturated heterocycles. The van der Waals surface area contributed by atoms with E-state index < -0.39 is 5.60 Å². The van der Waals surface area contributed by atoms with Crippen molar-refractivity contribution < 1.29 is 5.11 Å². The molecule has 2 aromatic rings. The van der Waals surface area contributed by atoms with Gasteiger partial charge in [0.1, 0.15) is 0 Å². The van der Waals surface area contributed by atoms with Crippen molar-refractivity contribution in [3.63, 3.8) is 0 Å². The second kappa shape index (κ2) is 5.37. The van der Waals surface area contributed by atoms with Crippen LogP contribution in [0.3, 0.4) is 0 Å². The second-order valence-electron chi connectivity index (χ2n) is 5.64. The van der Waals surface area contributed by atoms with E-state index in [2.05, 4.69) is 31.0 Å². The van der Waals surface area contributed by atoms with E-state index in [0.717, 1.165) is 22.3 Å². The van der Waals surface area contributed by atoms with Gasteiger partial charge in [-0.1, -0.05) is 60.4 Å². The summed E-state index contributed by atoms with van der Waals surface area (Å²) in [5.74, 6) is 6.14. The summed E-state index contributed by atoms with van der Waals surface area (Å²) in [7, 11) is 0. The maximum Gasteiger partial charge on any atom is 0.178 e. The van der Waals surface area contributed by atoms with Crippen molar-refractivity contribution in [1.82, 2.24) is 5.32 Å². The van der Waals surface area contributed by atoms with E-state index >= 15 is 0 Å². The standard InChI is InChI=1S/C19H19NO/c1-14(2)20-13-7-12-19(21)17-10-5-3-8-15(17)16-9-4-6-11-18(16)19/h3-6,8-11,14,20-21H,13H2,1-2H3. The van der Waals surface area contributed by atoms with E-state index in [1.807, 2.05) is 48.5 Å². The highest BCUT2D eigenvalue weighted by Gasteiger charge is 2.39. The average molecular weight is 277 g/mol. The molecule has 0 amide bonds. The fourth-order valence-corrected chi connectivity index (χ4v) is 2.77. The van der Waals surface area contributed by atoms with Crippen LogP contribution in [-0.2, 0) is 5.60 Å². The summed E-state index contributed by atoms with van der Waals surface area (Å²) in [4.78, 5) is 0. The van der Waals surface area contributed by atoms with E-state index in [1.54, 1.807) is 0 Å². The third-order valence-electron chi connectivity index (χ3n) is 3.79. The maximum atomic E-state index is 11.2. The lowest BCUT2D eigenvalue weighted by molar-refractivity contribution is 0.150. The molecule has 21 heavy (non-hydrogen) atoms. The lowest BCUT2D eigenvalue weighted by Crippen LogP contribution is -2.25. The zero-order valence-electron chi connectivity index (χ0n) is 12.4. The van der Waals surface area contributed by atoms with Gasteiger partial charge in [0.15, 0.2) is 5.60 Å². The Hall–Kier alpha value is -2.08. The molecule has 0 spiro atoms. The average Bonchev–Trinajstić information content (AvgIpc) is 2.75. The zero-order chi connectivity index (χ0) is 14.9. The summed E-state index contributed by atoms with van der Waals surface area (Å²) >= 11 is 0. The molecule has 0 fully saturated rings. The van der Waals surface area contributed by atoms with Crippen LogP contribution in [-0.4, -0.2) is 17.7 Å². The van der Waals surface area contributed by atoms with E-state index in [-0.39, 0.29) is 0 Å². The first-order chi connectivity index (χ1) is 10.1. The normalized spacial score (nSPS) is 14.3. The van der Waals surface area contributed by atoms with Crippen molar-refractivity contribution in [3.8, 4) is 23.0 Å². The van der Waals surface area contributed by atoms with E-state index in [1.165, 1.54) is 0 Å². The van der Waals surface area contributed by atoms with Crippen molar-refractivity contribution in [2.24, 2.45) is 0 Å². The third-order valence-corrected chi connectivity index (χ3v) is 3.79. The molecule has 106 valence electrons. The van der Waals surface area contributed by atoms with Crippen LogP contribution in [0.15, 0.2) is 48.5 Å². The van der Waals surface area contributed by atoms with Crippen molar-refractivity contribution >= 4 is 0 Å². The molecule has 2 aromatic carbocycles. The van der Waals surface area contributed by atoms with Crippen molar-refractivity contribution in [2.75, 3.05) is 6.54 Å². The Balaban J connectivity index is 2.05. The Morgan fingerprint density at radius 1 is 1.00 bits per heavy atom. The molecule has 0 radical (unpaired) electrons. The molecule has 0 aromatic heterocycles. The van der Waals surface area contributed by atoms with E-state index in [4.69, 9.17) is 0 Å². The van der Waals surface area contributed by atoms with Crippen molar-refractivity contribution in [3.05, 3.63) is 59.7 Å². The van der Waals surface area contributed by atoms with Crippen LogP contribution in [0.2, 0.25) is 0 Å². The van der Waals surface area contributed by atoms with E-state index in [0.29, 0.717) is 12.6 Å².